The Morgan fingerprint density at radius 1 is 1.11 bits per heavy atom. The van der Waals surface area contributed by atoms with E-state index >= 15 is 0 Å². The van der Waals surface area contributed by atoms with Crippen molar-refractivity contribution in [3.63, 3.8) is 0 Å². The second-order valence-electron chi connectivity index (χ2n) is 4.25. The number of benzene rings is 2. The molecule has 0 spiro atoms. The van der Waals surface area contributed by atoms with Crippen molar-refractivity contribution in [2.75, 3.05) is 0 Å². The summed E-state index contributed by atoms with van der Waals surface area (Å²) in [6.45, 7) is 2.13. The van der Waals surface area contributed by atoms with Crippen LogP contribution in [-0.4, -0.2) is 4.92 Å². The monoisotopic (exact) mass is 257 g/mol. The maximum atomic E-state index is 10.7. The first-order valence-electron chi connectivity index (χ1n) is 6.20. The Morgan fingerprint density at radius 3 is 2.47 bits per heavy atom. The van der Waals surface area contributed by atoms with Gasteiger partial charge in [-0.15, -0.1) is 0 Å². The molecule has 0 bridgehead atoms. The van der Waals surface area contributed by atoms with Gasteiger partial charge in [-0.05, 0) is 30.2 Å². The van der Waals surface area contributed by atoms with Crippen LogP contribution in [0.2, 0.25) is 0 Å². The third kappa shape index (κ3) is 3.55. The molecule has 0 heterocycles. The highest BCUT2D eigenvalue weighted by molar-refractivity contribution is 5.40. The molecule has 0 aliphatic carbocycles. The molecule has 98 valence electrons. The second kappa shape index (κ2) is 6.00. The molecule has 4 nitrogen and oxygen atoms in total. The van der Waals surface area contributed by atoms with Crippen molar-refractivity contribution in [1.29, 1.82) is 0 Å². The molecule has 2 rings (SSSR count). The van der Waals surface area contributed by atoms with Gasteiger partial charge in [0.15, 0.2) is 0 Å². The quantitative estimate of drug-likeness (QED) is 0.591. The second-order valence-corrected chi connectivity index (χ2v) is 4.25. The van der Waals surface area contributed by atoms with E-state index in [4.69, 9.17) is 4.74 Å². The third-order valence-electron chi connectivity index (χ3n) is 2.73. The van der Waals surface area contributed by atoms with Crippen molar-refractivity contribution < 1.29 is 9.66 Å². The van der Waals surface area contributed by atoms with Crippen LogP contribution in [0.4, 0.5) is 5.69 Å². The summed E-state index contributed by atoms with van der Waals surface area (Å²) >= 11 is 0. The average molecular weight is 257 g/mol. The van der Waals surface area contributed by atoms with Crippen molar-refractivity contribution in [2.24, 2.45) is 0 Å². The van der Waals surface area contributed by atoms with E-state index in [2.05, 4.69) is 6.92 Å². The molecule has 0 amide bonds. The number of aryl methyl sites for hydroxylation is 1. The Hall–Kier alpha value is -2.36. The van der Waals surface area contributed by atoms with Crippen LogP contribution in [0.15, 0.2) is 48.5 Å². The fourth-order valence-corrected chi connectivity index (χ4v) is 1.81. The van der Waals surface area contributed by atoms with Gasteiger partial charge in [-0.3, -0.25) is 10.1 Å². The zero-order valence-electron chi connectivity index (χ0n) is 10.7. The van der Waals surface area contributed by atoms with E-state index in [0.29, 0.717) is 11.5 Å². The van der Waals surface area contributed by atoms with Crippen molar-refractivity contribution in [2.45, 2.75) is 19.8 Å². The molecule has 4 heteroatoms. The highest BCUT2D eigenvalue weighted by Crippen LogP contribution is 2.25. The number of hydrogen-bond acceptors (Lipinski definition) is 3. The molecule has 0 aliphatic rings. The van der Waals surface area contributed by atoms with Gasteiger partial charge in [0.1, 0.15) is 11.5 Å². The molecule has 0 atom stereocenters. The molecule has 0 fully saturated rings. The van der Waals surface area contributed by atoms with Crippen molar-refractivity contribution in [3.05, 3.63) is 64.2 Å². The number of non-ortho nitro benzene ring substituents is 1. The highest BCUT2D eigenvalue weighted by Gasteiger charge is 2.06. The SMILES string of the molecule is CCCc1ccc(Oc2cccc([N+](=O)[O-])c2)cc1. The Labute approximate surface area is 111 Å². The summed E-state index contributed by atoms with van der Waals surface area (Å²) in [5, 5.41) is 10.7. The molecule has 19 heavy (non-hydrogen) atoms. The molecule has 0 saturated carbocycles. The molecule has 0 unspecified atom stereocenters. The number of nitro groups is 1. The van der Waals surface area contributed by atoms with Gasteiger partial charge in [0, 0.05) is 6.07 Å². The molecule has 2 aromatic rings. The summed E-state index contributed by atoms with van der Waals surface area (Å²) in [4.78, 5) is 10.2. The minimum Gasteiger partial charge on any atom is -0.457 e. The van der Waals surface area contributed by atoms with Gasteiger partial charge in [-0.2, -0.15) is 0 Å². The zero-order chi connectivity index (χ0) is 13.7. The lowest BCUT2D eigenvalue weighted by Gasteiger charge is -2.06. The van der Waals surface area contributed by atoms with Crippen LogP contribution in [0.5, 0.6) is 11.5 Å². The molecule has 2 aromatic carbocycles. The first kappa shape index (κ1) is 13.1. The number of ether oxygens (including phenoxy) is 1. The highest BCUT2D eigenvalue weighted by atomic mass is 16.6. The maximum absolute atomic E-state index is 10.7. The Balaban J connectivity index is 2.12. The van der Waals surface area contributed by atoms with Gasteiger partial charge in [0.25, 0.3) is 5.69 Å². The minimum atomic E-state index is -0.433. The third-order valence-corrected chi connectivity index (χ3v) is 2.73. The van der Waals surface area contributed by atoms with Crippen LogP contribution < -0.4 is 4.74 Å². The zero-order valence-corrected chi connectivity index (χ0v) is 10.7. The van der Waals surface area contributed by atoms with Gasteiger partial charge in [0.2, 0.25) is 0 Å². The van der Waals surface area contributed by atoms with E-state index in [1.54, 1.807) is 12.1 Å². The smallest absolute Gasteiger partial charge is 0.273 e. The Kier molecular flexibility index (Phi) is 4.13. The van der Waals surface area contributed by atoms with E-state index in [1.807, 2.05) is 24.3 Å². The molecule has 0 aromatic heterocycles. The topological polar surface area (TPSA) is 52.4 Å². The largest absolute Gasteiger partial charge is 0.457 e. The summed E-state index contributed by atoms with van der Waals surface area (Å²) in [7, 11) is 0. The lowest BCUT2D eigenvalue weighted by molar-refractivity contribution is -0.384. The van der Waals surface area contributed by atoms with Crippen LogP contribution in [0.3, 0.4) is 0 Å². The summed E-state index contributed by atoms with van der Waals surface area (Å²) in [6, 6.07) is 13.9. The number of nitro benzene ring substituents is 1. The predicted octanol–water partition coefficient (Wildman–Crippen LogP) is 4.34. The van der Waals surface area contributed by atoms with Gasteiger partial charge in [-0.25, -0.2) is 0 Å². The standard InChI is InChI=1S/C15H15NO3/c1-2-4-12-7-9-14(10-8-12)19-15-6-3-5-13(11-15)16(17)18/h3,5-11H,2,4H2,1H3. The lowest BCUT2D eigenvalue weighted by atomic mass is 10.1. The Bertz CT molecular complexity index is 564. The minimum absolute atomic E-state index is 0.0279. The van der Waals surface area contributed by atoms with E-state index in [-0.39, 0.29) is 5.69 Å². The van der Waals surface area contributed by atoms with Crippen LogP contribution >= 0.6 is 0 Å². The van der Waals surface area contributed by atoms with Gasteiger partial charge >= 0.3 is 0 Å². The molecule has 0 N–H and O–H groups in total. The first-order valence-corrected chi connectivity index (χ1v) is 6.20. The fraction of sp³-hybridized carbons (Fsp3) is 0.200. The van der Waals surface area contributed by atoms with E-state index in [9.17, 15) is 10.1 Å². The maximum Gasteiger partial charge on any atom is 0.273 e. The van der Waals surface area contributed by atoms with Crippen LogP contribution in [-0.2, 0) is 6.42 Å². The number of hydrogen-bond donors (Lipinski definition) is 0. The summed E-state index contributed by atoms with van der Waals surface area (Å²) in [5.74, 6) is 1.15. The Morgan fingerprint density at radius 2 is 1.84 bits per heavy atom. The predicted molar refractivity (Wildman–Crippen MR) is 73.6 cm³/mol. The van der Waals surface area contributed by atoms with Gasteiger partial charge in [-0.1, -0.05) is 31.5 Å². The van der Waals surface area contributed by atoms with Crippen LogP contribution in [0, 0.1) is 10.1 Å². The normalized spacial score (nSPS) is 10.2. The average Bonchev–Trinajstić information content (AvgIpc) is 2.42. The van der Waals surface area contributed by atoms with E-state index < -0.39 is 4.92 Å². The van der Waals surface area contributed by atoms with Gasteiger partial charge in [0.05, 0.1) is 11.0 Å². The molecule has 0 aliphatic heterocycles. The lowest BCUT2D eigenvalue weighted by Crippen LogP contribution is -1.90. The molecule has 0 saturated heterocycles. The molecule has 0 radical (unpaired) electrons. The van der Waals surface area contributed by atoms with Crippen molar-refractivity contribution >= 4 is 5.69 Å². The fourth-order valence-electron chi connectivity index (χ4n) is 1.81. The first-order chi connectivity index (χ1) is 9.19. The molecular weight excluding hydrogens is 242 g/mol. The summed E-state index contributed by atoms with van der Waals surface area (Å²) < 4.78 is 5.60. The number of rotatable bonds is 5. The summed E-state index contributed by atoms with van der Waals surface area (Å²) in [6.07, 6.45) is 2.14. The molecular formula is C15H15NO3. The number of nitrogens with zero attached hydrogens (tertiary/aromatic N) is 1. The van der Waals surface area contributed by atoms with E-state index in [1.165, 1.54) is 17.7 Å². The summed E-state index contributed by atoms with van der Waals surface area (Å²) in [5.41, 5.74) is 1.29. The van der Waals surface area contributed by atoms with Crippen LogP contribution in [0.1, 0.15) is 18.9 Å². The van der Waals surface area contributed by atoms with Crippen molar-refractivity contribution in [3.8, 4) is 11.5 Å². The van der Waals surface area contributed by atoms with Crippen LogP contribution in [0.25, 0.3) is 0 Å². The van der Waals surface area contributed by atoms with Crippen molar-refractivity contribution in [1.82, 2.24) is 0 Å². The van der Waals surface area contributed by atoms with Gasteiger partial charge < -0.3 is 4.74 Å². The van der Waals surface area contributed by atoms with E-state index in [0.717, 1.165) is 12.8 Å².